The Hall–Kier alpha value is -2.38. The molecular weight excluding hydrogens is 356 g/mol. The maximum absolute atomic E-state index is 12.6. The van der Waals surface area contributed by atoms with E-state index in [4.69, 9.17) is 9.72 Å². The Morgan fingerprint density at radius 3 is 2.79 bits per heavy atom. The molecule has 2 aliphatic heterocycles. The van der Waals surface area contributed by atoms with Gasteiger partial charge in [0.1, 0.15) is 5.75 Å². The number of aliphatic hydroxyl groups excluding tert-OH is 1. The van der Waals surface area contributed by atoms with Gasteiger partial charge < -0.3 is 14.7 Å². The first-order valence-corrected chi connectivity index (χ1v) is 10.0. The van der Waals surface area contributed by atoms with E-state index in [2.05, 4.69) is 14.8 Å². The fourth-order valence-corrected chi connectivity index (χ4v) is 4.18. The van der Waals surface area contributed by atoms with Gasteiger partial charge in [-0.25, -0.2) is 4.98 Å². The Morgan fingerprint density at radius 1 is 1.21 bits per heavy atom. The Labute approximate surface area is 165 Å². The van der Waals surface area contributed by atoms with E-state index in [0.717, 1.165) is 67.4 Å². The molecule has 7 heteroatoms. The molecule has 0 atom stereocenters. The SMILES string of the molecule is COc1ccc(CN2CCc3c(nc(N4CCCCC4)[nH]c3=O)C2)cc1CO. The lowest BCUT2D eigenvalue weighted by atomic mass is 10.0. The first-order chi connectivity index (χ1) is 13.7. The van der Waals surface area contributed by atoms with Crippen LogP contribution in [0.5, 0.6) is 5.75 Å². The molecule has 2 aromatic rings. The highest BCUT2D eigenvalue weighted by Gasteiger charge is 2.23. The summed E-state index contributed by atoms with van der Waals surface area (Å²) in [7, 11) is 1.61. The van der Waals surface area contributed by atoms with Crippen molar-refractivity contribution in [2.24, 2.45) is 0 Å². The Bertz CT molecular complexity index is 890. The van der Waals surface area contributed by atoms with Gasteiger partial charge in [-0.1, -0.05) is 6.07 Å². The van der Waals surface area contributed by atoms with Crippen LogP contribution in [0.15, 0.2) is 23.0 Å². The van der Waals surface area contributed by atoms with Gasteiger partial charge in [-0.2, -0.15) is 0 Å². The lowest BCUT2D eigenvalue weighted by molar-refractivity contribution is 0.239. The number of fused-ring (bicyclic) bond motifs is 1. The zero-order valence-corrected chi connectivity index (χ0v) is 16.4. The van der Waals surface area contributed by atoms with E-state index in [0.29, 0.717) is 18.7 Å². The highest BCUT2D eigenvalue weighted by molar-refractivity contribution is 5.37. The average molecular weight is 384 g/mol. The van der Waals surface area contributed by atoms with Crippen molar-refractivity contribution in [3.63, 3.8) is 0 Å². The molecule has 1 aromatic carbocycles. The number of anilines is 1. The van der Waals surface area contributed by atoms with Gasteiger partial charge in [0.05, 0.1) is 19.4 Å². The molecule has 2 N–H and O–H groups in total. The second kappa shape index (κ2) is 8.32. The van der Waals surface area contributed by atoms with Crippen LogP contribution >= 0.6 is 0 Å². The minimum Gasteiger partial charge on any atom is -0.496 e. The van der Waals surface area contributed by atoms with E-state index >= 15 is 0 Å². The van der Waals surface area contributed by atoms with Crippen LogP contribution in [0.25, 0.3) is 0 Å². The van der Waals surface area contributed by atoms with Gasteiger partial charge in [-0.3, -0.25) is 14.7 Å². The molecule has 3 heterocycles. The van der Waals surface area contributed by atoms with E-state index < -0.39 is 0 Å². The number of hydrogen-bond donors (Lipinski definition) is 2. The maximum atomic E-state index is 12.6. The summed E-state index contributed by atoms with van der Waals surface area (Å²) in [6.07, 6.45) is 4.26. The van der Waals surface area contributed by atoms with Crippen molar-refractivity contribution in [2.45, 2.75) is 45.4 Å². The van der Waals surface area contributed by atoms with Crippen molar-refractivity contribution in [2.75, 3.05) is 31.6 Å². The largest absolute Gasteiger partial charge is 0.496 e. The molecule has 0 spiro atoms. The minimum atomic E-state index is -0.0457. The van der Waals surface area contributed by atoms with Crippen molar-refractivity contribution in [3.8, 4) is 5.75 Å². The van der Waals surface area contributed by atoms with Gasteiger partial charge >= 0.3 is 0 Å². The average Bonchev–Trinajstić information content (AvgIpc) is 2.74. The smallest absolute Gasteiger partial charge is 0.255 e. The van der Waals surface area contributed by atoms with E-state index in [1.54, 1.807) is 7.11 Å². The summed E-state index contributed by atoms with van der Waals surface area (Å²) >= 11 is 0. The highest BCUT2D eigenvalue weighted by atomic mass is 16.5. The number of nitrogens with one attached hydrogen (secondary N) is 1. The van der Waals surface area contributed by atoms with Crippen LogP contribution in [0.3, 0.4) is 0 Å². The topological polar surface area (TPSA) is 81.7 Å². The third kappa shape index (κ3) is 3.91. The number of methoxy groups -OCH3 is 1. The number of benzene rings is 1. The minimum absolute atomic E-state index is 0.0113. The van der Waals surface area contributed by atoms with Crippen LogP contribution in [0.4, 0.5) is 5.95 Å². The zero-order valence-electron chi connectivity index (χ0n) is 16.4. The Morgan fingerprint density at radius 2 is 2.04 bits per heavy atom. The summed E-state index contributed by atoms with van der Waals surface area (Å²) in [4.78, 5) is 24.9. The first-order valence-electron chi connectivity index (χ1n) is 10.0. The molecule has 2 aliphatic rings. The van der Waals surface area contributed by atoms with Crippen LogP contribution < -0.4 is 15.2 Å². The lowest BCUT2D eigenvalue weighted by Gasteiger charge is -2.31. The maximum Gasteiger partial charge on any atom is 0.255 e. The summed E-state index contributed by atoms with van der Waals surface area (Å²) in [6.45, 7) is 4.12. The molecule has 150 valence electrons. The van der Waals surface area contributed by atoms with Crippen molar-refractivity contribution in [3.05, 3.63) is 50.9 Å². The van der Waals surface area contributed by atoms with Gasteiger partial charge in [-0.05, 0) is 43.4 Å². The van der Waals surface area contributed by atoms with Gasteiger partial charge in [0.15, 0.2) is 0 Å². The molecule has 1 saturated heterocycles. The van der Waals surface area contributed by atoms with Gasteiger partial charge in [0.2, 0.25) is 5.95 Å². The van der Waals surface area contributed by atoms with Gasteiger partial charge in [-0.15, -0.1) is 0 Å². The Balaban J connectivity index is 1.52. The number of aromatic amines is 1. The molecule has 1 aromatic heterocycles. The number of H-pyrrole nitrogens is 1. The van der Waals surface area contributed by atoms with E-state index in [-0.39, 0.29) is 12.2 Å². The number of ether oxygens (including phenoxy) is 1. The quantitative estimate of drug-likeness (QED) is 0.818. The summed E-state index contributed by atoms with van der Waals surface area (Å²) in [5.41, 5.74) is 3.64. The molecule has 28 heavy (non-hydrogen) atoms. The summed E-state index contributed by atoms with van der Waals surface area (Å²) in [5.74, 6) is 1.42. The van der Waals surface area contributed by atoms with Crippen molar-refractivity contribution >= 4 is 5.95 Å². The van der Waals surface area contributed by atoms with Gasteiger partial charge in [0, 0.05) is 43.9 Å². The highest BCUT2D eigenvalue weighted by Crippen LogP contribution is 2.23. The van der Waals surface area contributed by atoms with Crippen LogP contribution in [0.1, 0.15) is 41.6 Å². The fraction of sp³-hybridized carbons (Fsp3) is 0.524. The van der Waals surface area contributed by atoms with Gasteiger partial charge in [0.25, 0.3) is 5.56 Å². The number of aromatic nitrogens is 2. The molecule has 0 amide bonds. The number of aliphatic hydroxyl groups is 1. The zero-order chi connectivity index (χ0) is 19.5. The molecular formula is C21H28N4O3. The predicted octanol–water partition coefficient (Wildman–Crippen LogP) is 1.82. The lowest BCUT2D eigenvalue weighted by Crippen LogP contribution is -2.38. The van der Waals surface area contributed by atoms with Crippen LogP contribution in [0.2, 0.25) is 0 Å². The number of rotatable bonds is 5. The van der Waals surface area contributed by atoms with E-state index in [9.17, 15) is 9.90 Å². The monoisotopic (exact) mass is 384 g/mol. The molecule has 0 aliphatic carbocycles. The molecule has 1 fully saturated rings. The first kappa shape index (κ1) is 19.0. The summed E-state index contributed by atoms with van der Waals surface area (Å²) < 4.78 is 5.29. The number of hydrogen-bond acceptors (Lipinski definition) is 6. The molecule has 0 radical (unpaired) electrons. The standard InChI is InChI=1S/C21H28N4O3/c1-28-19-6-5-15(11-16(19)14-26)12-24-10-7-17-18(13-24)22-21(23-20(17)27)25-8-3-2-4-9-25/h5-6,11,26H,2-4,7-10,12-14H2,1H3,(H,22,23,27). The summed E-state index contributed by atoms with van der Waals surface area (Å²) in [5, 5.41) is 9.55. The molecule has 7 nitrogen and oxygen atoms in total. The molecule has 0 unspecified atom stereocenters. The second-order valence-corrected chi connectivity index (χ2v) is 7.63. The van der Waals surface area contributed by atoms with Crippen molar-refractivity contribution in [1.82, 2.24) is 14.9 Å². The summed E-state index contributed by atoms with van der Waals surface area (Å²) in [6, 6.07) is 5.91. The van der Waals surface area contributed by atoms with Crippen LogP contribution in [-0.2, 0) is 26.1 Å². The Kier molecular flexibility index (Phi) is 5.64. The fourth-order valence-electron chi connectivity index (χ4n) is 4.18. The second-order valence-electron chi connectivity index (χ2n) is 7.63. The van der Waals surface area contributed by atoms with E-state index in [1.165, 1.54) is 6.42 Å². The molecule has 4 rings (SSSR count). The molecule has 0 bridgehead atoms. The molecule has 0 saturated carbocycles. The van der Waals surface area contributed by atoms with Crippen molar-refractivity contribution < 1.29 is 9.84 Å². The van der Waals surface area contributed by atoms with Crippen LogP contribution in [-0.4, -0.2) is 46.7 Å². The normalized spacial score (nSPS) is 17.4. The number of piperidine rings is 1. The third-order valence-corrected chi connectivity index (χ3v) is 5.72. The van der Waals surface area contributed by atoms with Crippen LogP contribution in [0, 0.1) is 0 Å². The third-order valence-electron chi connectivity index (χ3n) is 5.72. The number of nitrogens with zero attached hydrogens (tertiary/aromatic N) is 3. The van der Waals surface area contributed by atoms with Crippen molar-refractivity contribution in [1.29, 1.82) is 0 Å². The predicted molar refractivity (Wildman–Crippen MR) is 108 cm³/mol. The van der Waals surface area contributed by atoms with E-state index in [1.807, 2.05) is 18.2 Å².